The Morgan fingerprint density at radius 1 is 0.958 bits per heavy atom. The zero-order valence-corrected chi connectivity index (χ0v) is 13.9. The van der Waals surface area contributed by atoms with Crippen LogP contribution < -0.4 is 0 Å². The first-order chi connectivity index (χ1) is 11.6. The summed E-state index contributed by atoms with van der Waals surface area (Å²) in [5.41, 5.74) is 3.69. The number of rotatable bonds is 3. The molecular weight excluding hydrogens is 300 g/mol. The van der Waals surface area contributed by atoms with Gasteiger partial charge >= 0.3 is 0 Å². The second-order valence-electron chi connectivity index (χ2n) is 6.14. The minimum absolute atomic E-state index is 0.292. The average Bonchev–Trinajstić information content (AvgIpc) is 3.18. The van der Waals surface area contributed by atoms with E-state index in [0.717, 1.165) is 34.1 Å². The van der Waals surface area contributed by atoms with Gasteiger partial charge in [0, 0.05) is 30.2 Å². The molecule has 0 fully saturated rings. The quantitative estimate of drug-likeness (QED) is 0.559. The van der Waals surface area contributed by atoms with Crippen molar-refractivity contribution in [2.24, 2.45) is 0 Å². The van der Waals surface area contributed by atoms with Crippen molar-refractivity contribution in [2.45, 2.75) is 26.7 Å². The predicted octanol–water partition coefficient (Wildman–Crippen LogP) is 4.48. The molecule has 0 atom stereocenters. The minimum atomic E-state index is 0.292. The van der Waals surface area contributed by atoms with Crippen molar-refractivity contribution >= 4 is 5.65 Å². The molecule has 0 saturated heterocycles. The van der Waals surface area contributed by atoms with Gasteiger partial charge in [-0.15, -0.1) is 10.2 Å². The van der Waals surface area contributed by atoms with Crippen LogP contribution >= 0.6 is 0 Å². The zero-order valence-electron chi connectivity index (χ0n) is 13.9. The summed E-state index contributed by atoms with van der Waals surface area (Å²) < 4.78 is 7.94. The predicted molar refractivity (Wildman–Crippen MR) is 92.7 cm³/mol. The number of aryl methyl sites for hydroxylation is 1. The Kier molecular flexibility index (Phi) is 3.41. The van der Waals surface area contributed by atoms with Crippen molar-refractivity contribution in [3.63, 3.8) is 0 Å². The first kappa shape index (κ1) is 14.6. The molecule has 0 aliphatic carbocycles. The molecule has 0 spiro atoms. The Balaban J connectivity index is 1.91. The van der Waals surface area contributed by atoms with E-state index in [2.05, 4.69) is 29.0 Å². The second-order valence-corrected chi connectivity index (χ2v) is 6.14. The maximum Gasteiger partial charge on any atom is 0.192 e. The van der Waals surface area contributed by atoms with E-state index in [-0.39, 0.29) is 0 Å². The molecule has 0 bridgehead atoms. The van der Waals surface area contributed by atoms with Gasteiger partial charge in [0.25, 0.3) is 0 Å². The van der Waals surface area contributed by atoms with Crippen LogP contribution in [0.3, 0.4) is 0 Å². The van der Waals surface area contributed by atoms with Crippen molar-refractivity contribution in [3.05, 3.63) is 60.4 Å². The highest BCUT2D eigenvalue weighted by atomic mass is 16.4. The monoisotopic (exact) mass is 318 g/mol. The third-order valence-corrected chi connectivity index (χ3v) is 3.99. The Morgan fingerprint density at radius 3 is 2.50 bits per heavy atom. The first-order valence-electron chi connectivity index (χ1n) is 8.01. The molecule has 0 N–H and O–H groups in total. The lowest BCUT2D eigenvalue weighted by atomic mass is 10.1. The van der Waals surface area contributed by atoms with Gasteiger partial charge in [-0.25, -0.2) is 4.98 Å². The molecule has 0 radical (unpaired) electrons. The van der Waals surface area contributed by atoms with Crippen molar-refractivity contribution in [2.75, 3.05) is 0 Å². The number of pyridine rings is 1. The van der Waals surface area contributed by atoms with Crippen LogP contribution in [0, 0.1) is 6.92 Å². The van der Waals surface area contributed by atoms with Crippen LogP contribution in [0.25, 0.3) is 28.2 Å². The van der Waals surface area contributed by atoms with Gasteiger partial charge in [0.1, 0.15) is 11.5 Å². The molecule has 120 valence electrons. The second kappa shape index (κ2) is 5.60. The van der Waals surface area contributed by atoms with E-state index in [1.807, 2.05) is 60.0 Å². The average molecular weight is 318 g/mol. The minimum Gasteiger partial charge on any atom is -0.440 e. The number of nitrogens with zero attached hydrogens (tertiary/aromatic N) is 4. The molecule has 3 heterocycles. The van der Waals surface area contributed by atoms with Gasteiger partial charge in [-0.05, 0) is 12.1 Å². The molecule has 24 heavy (non-hydrogen) atoms. The van der Waals surface area contributed by atoms with E-state index in [9.17, 15) is 0 Å². The Bertz CT molecular complexity index is 999. The number of hydrogen-bond donors (Lipinski definition) is 0. The summed E-state index contributed by atoms with van der Waals surface area (Å²) in [4.78, 5) is 4.58. The van der Waals surface area contributed by atoms with Gasteiger partial charge in [-0.1, -0.05) is 44.2 Å². The topological polar surface area (TPSA) is 56.2 Å². The van der Waals surface area contributed by atoms with E-state index >= 15 is 0 Å². The summed E-state index contributed by atoms with van der Waals surface area (Å²) >= 11 is 0. The van der Waals surface area contributed by atoms with E-state index in [4.69, 9.17) is 4.42 Å². The highest BCUT2D eigenvalue weighted by Gasteiger charge is 2.17. The molecule has 0 amide bonds. The molecule has 0 saturated carbocycles. The molecule has 0 aliphatic heterocycles. The Hall–Kier alpha value is -2.95. The fourth-order valence-corrected chi connectivity index (χ4v) is 2.85. The summed E-state index contributed by atoms with van der Waals surface area (Å²) in [5.74, 6) is 2.64. The van der Waals surface area contributed by atoms with Crippen LogP contribution in [0.2, 0.25) is 0 Å². The van der Waals surface area contributed by atoms with Crippen LogP contribution in [0.15, 0.2) is 53.1 Å². The fourth-order valence-electron chi connectivity index (χ4n) is 2.85. The van der Waals surface area contributed by atoms with E-state index < -0.39 is 0 Å². The molecule has 4 rings (SSSR count). The summed E-state index contributed by atoms with van der Waals surface area (Å²) in [5, 5.41) is 8.51. The van der Waals surface area contributed by atoms with Gasteiger partial charge in [0.2, 0.25) is 0 Å². The number of aromatic nitrogens is 4. The van der Waals surface area contributed by atoms with Crippen molar-refractivity contribution in [1.82, 2.24) is 19.6 Å². The van der Waals surface area contributed by atoms with Crippen LogP contribution in [0.4, 0.5) is 0 Å². The molecule has 5 nitrogen and oxygen atoms in total. The molecule has 3 aromatic heterocycles. The third kappa shape index (κ3) is 2.38. The number of oxazole rings is 1. The molecule has 5 heteroatoms. The molecule has 1 aromatic carbocycles. The summed E-state index contributed by atoms with van der Waals surface area (Å²) in [6, 6.07) is 14.0. The SMILES string of the molecule is Cc1nc(-c2ccccc2)c(-c2ccc3nnc(C(C)C)n3c2)o1. The van der Waals surface area contributed by atoms with Crippen LogP contribution in [0.5, 0.6) is 0 Å². The summed E-state index contributed by atoms with van der Waals surface area (Å²) in [6.45, 7) is 6.08. The molecule has 4 aromatic rings. The van der Waals surface area contributed by atoms with Crippen molar-refractivity contribution in [3.8, 4) is 22.6 Å². The highest BCUT2D eigenvalue weighted by Crippen LogP contribution is 2.32. The summed E-state index contributed by atoms with van der Waals surface area (Å²) in [6.07, 6.45) is 2.02. The van der Waals surface area contributed by atoms with Gasteiger partial charge in [0.05, 0.1) is 0 Å². The molecule has 0 aliphatic rings. The van der Waals surface area contributed by atoms with Crippen LogP contribution in [0.1, 0.15) is 31.5 Å². The van der Waals surface area contributed by atoms with Crippen molar-refractivity contribution in [1.29, 1.82) is 0 Å². The lowest BCUT2D eigenvalue weighted by Gasteiger charge is -2.05. The lowest BCUT2D eigenvalue weighted by Crippen LogP contribution is -1.97. The smallest absolute Gasteiger partial charge is 0.192 e. The lowest BCUT2D eigenvalue weighted by molar-refractivity contribution is 0.534. The van der Waals surface area contributed by atoms with Crippen LogP contribution in [-0.4, -0.2) is 19.6 Å². The Labute approximate surface area is 140 Å². The standard InChI is InChI=1S/C19H18N4O/c1-12(2)19-22-21-16-10-9-15(11-23(16)19)18-17(20-13(3)24-18)14-7-5-4-6-8-14/h4-12H,1-3H3. The first-order valence-corrected chi connectivity index (χ1v) is 8.01. The zero-order chi connectivity index (χ0) is 16.7. The maximum atomic E-state index is 5.92. The normalized spacial score (nSPS) is 11.5. The molecular formula is C19H18N4O. The number of benzene rings is 1. The third-order valence-electron chi connectivity index (χ3n) is 3.99. The van der Waals surface area contributed by atoms with Gasteiger partial charge in [0.15, 0.2) is 17.3 Å². The fraction of sp³-hybridized carbons (Fsp3) is 0.211. The highest BCUT2D eigenvalue weighted by molar-refractivity contribution is 5.77. The summed E-state index contributed by atoms with van der Waals surface area (Å²) in [7, 11) is 0. The number of hydrogen-bond acceptors (Lipinski definition) is 4. The number of fused-ring (bicyclic) bond motifs is 1. The van der Waals surface area contributed by atoms with Gasteiger partial charge < -0.3 is 4.42 Å². The van der Waals surface area contributed by atoms with Crippen molar-refractivity contribution < 1.29 is 4.42 Å². The van der Waals surface area contributed by atoms with E-state index in [1.54, 1.807) is 0 Å². The van der Waals surface area contributed by atoms with Gasteiger partial charge in [-0.2, -0.15) is 0 Å². The van der Waals surface area contributed by atoms with Crippen LogP contribution in [-0.2, 0) is 0 Å². The van der Waals surface area contributed by atoms with E-state index in [1.165, 1.54) is 0 Å². The largest absolute Gasteiger partial charge is 0.440 e. The molecule has 0 unspecified atom stereocenters. The van der Waals surface area contributed by atoms with Gasteiger partial charge in [-0.3, -0.25) is 4.40 Å². The maximum absolute atomic E-state index is 5.92. The Morgan fingerprint density at radius 2 is 1.75 bits per heavy atom. The van der Waals surface area contributed by atoms with E-state index in [0.29, 0.717) is 11.8 Å².